The molecule has 1 saturated carbocycles. The van der Waals surface area contributed by atoms with Crippen LogP contribution in [0, 0.1) is 5.41 Å². The van der Waals surface area contributed by atoms with Crippen molar-refractivity contribution in [1.82, 2.24) is 4.90 Å². The molecule has 1 fully saturated rings. The Balaban J connectivity index is 1.48. The fourth-order valence-corrected chi connectivity index (χ4v) is 4.57. The molecule has 2 aromatic carbocycles. The molecule has 0 bridgehead atoms. The quantitative estimate of drug-likeness (QED) is 0.645. The predicted molar refractivity (Wildman–Crippen MR) is 132 cm³/mol. The van der Waals surface area contributed by atoms with Crippen LogP contribution in [0.25, 0.3) is 0 Å². The lowest BCUT2D eigenvalue weighted by molar-refractivity contribution is -0.137. The van der Waals surface area contributed by atoms with Crippen LogP contribution in [0.1, 0.15) is 68.8 Å². The van der Waals surface area contributed by atoms with Gasteiger partial charge in [0.15, 0.2) is 11.5 Å². The van der Waals surface area contributed by atoms with Gasteiger partial charge in [0.1, 0.15) is 0 Å². The number of nitrogens with zero attached hydrogens (tertiary/aromatic N) is 1. The molecule has 0 spiro atoms. The SMILES string of the molecule is CC(C)(C)CC(=O)N(Cc1cccc(NC(=O)c2ccc3c(c2)OCO3)c1)C1CCC(N)CC1. The lowest BCUT2D eigenvalue weighted by atomic mass is 9.88. The predicted octanol–water partition coefficient (Wildman–Crippen LogP) is 4.70. The van der Waals surface area contributed by atoms with E-state index in [0.717, 1.165) is 31.2 Å². The summed E-state index contributed by atoms with van der Waals surface area (Å²) in [5.41, 5.74) is 8.20. The zero-order valence-corrected chi connectivity index (χ0v) is 20.3. The monoisotopic (exact) mass is 465 g/mol. The van der Waals surface area contributed by atoms with Crippen molar-refractivity contribution >= 4 is 17.5 Å². The second-order valence-corrected chi connectivity index (χ2v) is 10.6. The summed E-state index contributed by atoms with van der Waals surface area (Å²) in [6, 6.07) is 13.3. The Hall–Kier alpha value is -3.06. The van der Waals surface area contributed by atoms with E-state index >= 15 is 0 Å². The Morgan fingerprint density at radius 2 is 1.76 bits per heavy atom. The van der Waals surface area contributed by atoms with Crippen LogP contribution in [-0.4, -0.2) is 35.6 Å². The van der Waals surface area contributed by atoms with Crippen molar-refractivity contribution < 1.29 is 19.1 Å². The number of fused-ring (bicyclic) bond motifs is 1. The molecule has 1 heterocycles. The Morgan fingerprint density at radius 1 is 1.03 bits per heavy atom. The molecule has 182 valence electrons. The molecule has 34 heavy (non-hydrogen) atoms. The number of carbonyl (C=O) groups is 2. The summed E-state index contributed by atoms with van der Waals surface area (Å²) in [6.07, 6.45) is 4.23. The zero-order chi connectivity index (χ0) is 24.3. The number of nitrogens with two attached hydrogens (primary N) is 1. The molecule has 0 aromatic heterocycles. The average molecular weight is 466 g/mol. The number of amides is 2. The fourth-order valence-electron chi connectivity index (χ4n) is 4.57. The van der Waals surface area contributed by atoms with Crippen LogP contribution in [0.4, 0.5) is 5.69 Å². The van der Waals surface area contributed by atoms with Crippen LogP contribution in [0.5, 0.6) is 11.5 Å². The highest BCUT2D eigenvalue weighted by Gasteiger charge is 2.30. The number of carbonyl (C=O) groups excluding carboxylic acids is 2. The van der Waals surface area contributed by atoms with Gasteiger partial charge in [0.2, 0.25) is 12.7 Å². The van der Waals surface area contributed by atoms with Gasteiger partial charge in [-0.2, -0.15) is 0 Å². The summed E-state index contributed by atoms with van der Waals surface area (Å²) in [6.45, 7) is 6.95. The molecule has 7 nitrogen and oxygen atoms in total. The molecule has 0 atom stereocenters. The molecule has 0 radical (unpaired) electrons. The van der Waals surface area contributed by atoms with E-state index < -0.39 is 0 Å². The molecule has 4 rings (SSSR count). The Kier molecular flexibility index (Phi) is 7.12. The third kappa shape index (κ3) is 6.08. The molecule has 1 aliphatic heterocycles. The van der Waals surface area contributed by atoms with Gasteiger partial charge in [-0.1, -0.05) is 32.9 Å². The average Bonchev–Trinajstić information content (AvgIpc) is 3.25. The first-order valence-electron chi connectivity index (χ1n) is 12.0. The van der Waals surface area contributed by atoms with Gasteiger partial charge in [-0.25, -0.2) is 0 Å². The first-order valence-corrected chi connectivity index (χ1v) is 12.0. The smallest absolute Gasteiger partial charge is 0.255 e. The van der Waals surface area contributed by atoms with Gasteiger partial charge in [0, 0.05) is 36.3 Å². The highest BCUT2D eigenvalue weighted by atomic mass is 16.7. The normalized spacial score (nSPS) is 19.5. The first kappa shape index (κ1) is 24.1. The minimum Gasteiger partial charge on any atom is -0.454 e. The standard InChI is InChI=1S/C27H35N3O4/c1-27(2,3)15-25(31)30(22-10-8-20(28)9-11-22)16-18-5-4-6-21(13-18)29-26(32)19-7-12-23-24(14-19)34-17-33-23/h4-7,12-14,20,22H,8-11,15-17,28H2,1-3H3,(H,29,32). The maximum atomic E-state index is 13.3. The maximum absolute atomic E-state index is 13.3. The Bertz CT molecular complexity index is 1040. The summed E-state index contributed by atoms with van der Waals surface area (Å²) < 4.78 is 10.7. The van der Waals surface area contributed by atoms with Crippen molar-refractivity contribution in [2.24, 2.45) is 11.1 Å². The van der Waals surface area contributed by atoms with Crippen molar-refractivity contribution in [3.63, 3.8) is 0 Å². The highest BCUT2D eigenvalue weighted by Crippen LogP contribution is 2.33. The van der Waals surface area contributed by atoms with Gasteiger partial charge >= 0.3 is 0 Å². The number of rotatable bonds is 6. The van der Waals surface area contributed by atoms with E-state index in [9.17, 15) is 9.59 Å². The van der Waals surface area contributed by atoms with E-state index in [2.05, 4.69) is 26.1 Å². The second kappa shape index (κ2) is 10.1. The van der Waals surface area contributed by atoms with E-state index in [1.807, 2.05) is 29.2 Å². The zero-order valence-electron chi connectivity index (χ0n) is 20.3. The largest absolute Gasteiger partial charge is 0.454 e. The maximum Gasteiger partial charge on any atom is 0.255 e. The summed E-state index contributed by atoms with van der Waals surface area (Å²) in [5.74, 6) is 1.16. The van der Waals surface area contributed by atoms with Crippen molar-refractivity contribution in [3.05, 3.63) is 53.6 Å². The molecular weight excluding hydrogens is 430 g/mol. The van der Waals surface area contributed by atoms with E-state index in [0.29, 0.717) is 35.7 Å². The molecule has 0 unspecified atom stereocenters. The number of nitrogens with one attached hydrogen (secondary N) is 1. The lowest BCUT2D eigenvalue weighted by Crippen LogP contribution is -2.44. The molecule has 2 aromatic rings. The third-order valence-electron chi connectivity index (χ3n) is 6.36. The minimum atomic E-state index is -0.225. The number of hydrogen-bond donors (Lipinski definition) is 2. The number of ether oxygens (including phenoxy) is 2. The molecule has 3 N–H and O–H groups in total. The molecule has 1 aliphatic carbocycles. The highest BCUT2D eigenvalue weighted by molar-refractivity contribution is 6.04. The van der Waals surface area contributed by atoms with Crippen molar-refractivity contribution in [1.29, 1.82) is 0 Å². The van der Waals surface area contributed by atoms with Gasteiger partial charge in [-0.05, 0) is 67.0 Å². The topological polar surface area (TPSA) is 93.9 Å². The second-order valence-electron chi connectivity index (χ2n) is 10.6. The van der Waals surface area contributed by atoms with Crippen LogP contribution in [0.15, 0.2) is 42.5 Å². The van der Waals surface area contributed by atoms with Gasteiger partial charge in [-0.15, -0.1) is 0 Å². The van der Waals surface area contributed by atoms with Gasteiger partial charge in [-0.3, -0.25) is 9.59 Å². The lowest BCUT2D eigenvalue weighted by Gasteiger charge is -2.37. The summed E-state index contributed by atoms with van der Waals surface area (Å²) in [5, 5.41) is 2.96. The third-order valence-corrected chi connectivity index (χ3v) is 6.36. The Morgan fingerprint density at radius 3 is 2.50 bits per heavy atom. The fraction of sp³-hybridized carbons (Fsp3) is 0.481. The molecule has 2 aliphatic rings. The molecule has 0 saturated heterocycles. The molecule has 2 amide bonds. The summed E-state index contributed by atoms with van der Waals surface area (Å²) in [4.78, 5) is 28.1. The molecular formula is C27H35N3O4. The summed E-state index contributed by atoms with van der Waals surface area (Å²) in [7, 11) is 0. The van der Waals surface area contributed by atoms with Gasteiger partial charge in [0.05, 0.1) is 0 Å². The Labute approximate surface area is 201 Å². The number of anilines is 1. The van der Waals surface area contributed by atoms with E-state index in [-0.39, 0.29) is 36.1 Å². The van der Waals surface area contributed by atoms with Crippen LogP contribution in [-0.2, 0) is 11.3 Å². The first-order chi connectivity index (χ1) is 16.2. The summed E-state index contributed by atoms with van der Waals surface area (Å²) >= 11 is 0. The van der Waals surface area contributed by atoms with Crippen molar-refractivity contribution in [3.8, 4) is 11.5 Å². The van der Waals surface area contributed by atoms with Crippen LogP contribution >= 0.6 is 0 Å². The van der Waals surface area contributed by atoms with Crippen molar-refractivity contribution in [2.45, 2.75) is 71.5 Å². The van der Waals surface area contributed by atoms with E-state index in [1.54, 1.807) is 18.2 Å². The van der Waals surface area contributed by atoms with E-state index in [1.165, 1.54) is 0 Å². The number of benzene rings is 2. The van der Waals surface area contributed by atoms with Crippen LogP contribution in [0.3, 0.4) is 0 Å². The molecule has 7 heteroatoms. The van der Waals surface area contributed by atoms with Gasteiger partial charge < -0.3 is 25.4 Å². The van der Waals surface area contributed by atoms with Crippen molar-refractivity contribution in [2.75, 3.05) is 12.1 Å². The van der Waals surface area contributed by atoms with E-state index in [4.69, 9.17) is 15.2 Å². The number of hydrogen-bond acceptors (Lipinski definition) is 5. The van der Waals surface area contributed by atoms with Crippen LogP contribution in [0.2, 0.25) is 0 Å². The van der Waals surface area contributed by atoms with Crippen LogP contribution < -0.4 is 20.5 Å². The van der Waals surface area contributed by atoms with Gasteiger partial charge in [0.25, 0.3) is 5.91 Å². The minimum absolute atomic E-state index is 0.0825.